The molecule has 0 saturated carbocycles. The van der Waals surface area contributed by atoms with E-state index in [9.17, 15) is 9.59 Å². The molecule has 4 nitrogen and oxygen atoms in total. The first-order valence-electron chi connectivity index (χ1n) is 4.64. The smallest absolute Gasteiger partial charge is 0.303 e. The van der Waals surface area contributed by atoms with Gasteiger partial charge in [-0.05, 0) is 5.56 Å². The summed E-state index contributed by atoms with van der Waals surface area (Å²) in [6.07, 6.45) is -0.0106. The highest BCUT2D eigenvalue weighted by Gasteiger charge is 2.17. The summed E-state index contributed by atoms with van der Waals surface area (Å²) in [5.74, 6) is -1.74. The largest absolute Gasteiger partial charge is 0.481 e. The molecule has 3 N–H and O–H groups in total. The van der Waals surface area contributed by atoms with Crippen LogP contribution < -0.4 is 5.73 Å². The van der Waals surface area contributed by atoms with Crippen LogP contribution in [0.1, 0.15) is 24.3 Å². The molecule has 1 rings (SSSR count). The number of hydrogen-bond donors (Lipinski definition) is 2. The highest BCUT2D eigenvalue weighted by molar-refractivity contribution is 5.76. The molecule has 0 spiro atoms. The van der Waals surface area contributed by atoms with Crippen molar-refractivity contribution in [3.63, 3.8) is 0 Å². The van der Waals surface area contributed by atoms with Crippen LogP contribution in [0.4, 0.5) is 0 Å². The zero-order valence-corrected chi connectivity index (χ0v) is 8.22. The van der Waals surface area contributed by atoms with Gasteiger partial charge >= 0.3 is 5.97 Å². The Bertz CT molecular complexity index is 332. The van der Waals surface area contributed by atoms with Crippen LogP contribution in [0.25, 0.3) is 0 Å². The molecule has 1 atom stereocenters. The number of benzene rings is 1. The van der Waals surface area contributed by atoms with E-state index in [1.165, 1.54) is 0 Å². The van der Waals surface area contributed by atoms with E-state index < -0.39 is 11.9 Å². The minimum Gasteiger partial charge on any atom is -0.481 e. The minimum atomic E-state index is -0.926. The molecule has 1 amide bonds. The van der Waals surface area contributed by atoms with Crippen LogP contribution in [0, 0.1) is 0 Å². The lowest BCUT2D eigenvalue weighted by Crippen LogP contribution is -2.17. The van der Waals surface area contributed by atoms with Gasteiger partial charge in [-0.3, -0.25) is 9.59 Å². The summed E-state index contributed by atoms with van der Waals surface area (Å²) in [6, 6.07) is 9.06. The lowest BCUT2D eigenvalue weighted by atomic mass is 9.92. The summed E-state index contributed by atoms with van der Waals surface area (Å²) in [5, 5.41) is 8.71. The van der Waals surface area contributed by atoms with Gasteiger partial charge in [0.1, 0.15) is 0 Å². The standard InChI is InChI=1S/C11H13NO3/c12-10(13)6-9(7-11(14)15)8-4-2-1-3-5-8/h1-5,9H,6-7H2,(H2,12,13)(H,14,15). The zero-order chi connectivity index (χ0) is 11.3. The lowest BCUT2D eigenvalue weighted by Gasteiger charge is -2.12. The van der Waals surface area contributed by atoms with Crippen molar-refractivity contribution in [2.45, 2.75) is 18.8 Å². The Morgan fingerprint density at radius 2 is 1.80 bits per heavy atom. The van der Waals surface area contributed by atoms with Crippen molar-refractivity contribution in [1.29, 1.82) is 0 Å². The summed E-state index contributed by atoms with van der Waals surface area (Å²) < 4.78 is 0. The number of nitrogens with two attached hydrogens (primary N) is 1. The molecule has 1 unspecified atom stereocenters. The van der Waals surface area contributed by atoms with Crippen molar-refractivity contribution in [3.8, 4) is 0 Å². The zero-order valence-electron chi connectivity index (χ0n) is 8.22. The van der Waals surface area contributed by atoms with Crippen LogP contribution in [-0.2, 0) is 9.59 Å². The fourth-order valence-electron chi connectivity index (χ4n) is 1.49. The molecule has 4 heteroatoms. The maximum Gasteiger partial charge on any atom is 0.303 e. The molecule has 0 radical (unpaired) electrons. The third-order valence-corrected chi connectivity index (χ3v) is 2.14. The number of carboxylic acid groups (broad SMARTS) is 1. The Morgan fingerprint density at radius 1 is 1.20 bits per heavy atom. The Kier molecular flexibility index (Phi) is 3.85. The van der Waals surface area contributed by atoms with E-state index in [4.69, 9.17) is 10.8 Å². The van der Waals surface area contributed by atoms with E-state index in [0.29, 0.717) is 0 Å². The second-order valence-corrected chi connectivity index (χ2v) is 3.38. The fourth-order valence-corrected chi connectivity index (χ4v) is 1.49. The average Bonchev–Trinajstić information content (AvgIpc) is 2.17. The predicted octanol–water partition coefficient (Wildman–Crippen LogP) is 1.12. The molecule has 1 aromatic rings. The fraction of sp³-hybridized carbons (Fsp3) is 0.273. The first kappa shape index (κ1) is 11.2. The Balaban J connectivity index is 2.81. The van der Waals surface area contributed by atoms with Crippen molar-refractivity contribution in [3.05, 3.63) is 35.9 Å². The third kappa shape index (κ3) is 3.81. The minimum absolute atomic E-state index is 0.0658. The summed E-state index contributed by atoms with van der Waals surface area (Å²) in [5.41, 5.74) is 5.91. The van der Waals surface area contributed by atoms with Crippen LogP contribution in [0.5, 0.6) is 0 Å². The van der Waals surface area contributed by atoms with Gasteiger partial charge in [0.05, 0.1) is 6.42 Å². The topological polar surface area (TPSA) is 80.4 Å². The van der Waals surface area contributed by atoms with Gasteiger partial charge in [-0.25, -0.2) is 0 Å². The van der Waals surface area contributed by atoms with E-state index >= 15 is 0 Å². The quantitative estimate of drug-likeness (QED) is 0.759. The normalized spacial score (nSPS) is 12.0. The van der Waals surface area contributed by atoms with E-state index in [1.807, 2.05) is 18.2 Å². The lowest BCUT2D eigenvalue weighted by molar-refractivity contribution is -0.137. The summed E-state index contributed by atoms with van der Waals surface area (Å²) in [4.78, 5) is 21.4. The van der Waals surface area contributed by atoms with Crippen molar-refractivity contribution >= 4 is 11.9 Å². The van der Waals surface area contributed by atoms with E-state index in [1.54, 1.807) is 12.1 Å². The van der Waals surface area contributed by atoms with Crippen molar-refractivity contribution in [2.24, 2.45) is 5.73 Å². The van der Waals surface area contributed by atoms with Gasteiger partial charge in [-0.15, -0.1) is 0 Å². The molecule has 0 aliphatic heterocycles. The van der Waals surface area contributed by atoms with Gasteiger partial charge in [-0.1, -0.05) is 30.3 Å². The number of carbonyl (C=O) groups excluding carboxylic acids is 1. The van der Waals surface area contributed by atoms with E-state index in [0.717, 1.165) is 5.56 Å². The van der Waals surface area contributed by atoms with Gasteiger partial charge in [0.15, 0.2) is 0 Å². The SMILES string of the molecule is NC(=O)CC(CC(=O)O)c1ccccc1. The molecule has 0 aliphatic carbocycles. The van der Waals surface area contributed by atoms with Gasteiger partial charge in [0, 0.05) is 12.3 Å². The second-order valence-electron chi connectivity index (χ2n) is 3.38. The molecule has 0 aliphatic rings. The number of amides is 1. The molecular weight excluding hydrogens is 194 g/mol. The van der Waals surface area contributed by atoms with Crippen LogP contribution in [0.3, 0.4) is 0 Å². The Morgan fingerprint density at radius 3 is 2.27 bits per heavy atom. The summed E-state index contributed by atoms with van der Waals surface area (Å²) in [7, 11) is 0. The number of primary amides is 1. The number of carboxylic acids is 1. The number of carbonyl (C=O) groups is 2. The number of rotatable bonds is 5. The molecule has 15 heavy (non-hydrogen) atoms. The van der Waals surface area contributed by atoms with Gasteiger partial charge in [0.25, 0.3) is 0 Å². The van der Waals surface area contributed by atoms with Crippen LogP contribution in [0.15, 0.2) is 30.3 Å². The predicted molar refractivity (Wildman–Crippen MR) is 55.2 cm³/mol. The molecule has 0 fully saturated rings. The van der Waals surface area contributed by atoms with Gasteiger partial charge < -0.3 is 10.8 Å². The molecule has 0 aromatic heterocycles. The number of aliphatic carboxylic acids is 1. The third-order valence-electron chi connectivity index (χ3n) is 2.14. The molecule has 80 valence electrons. The second kappa shape index (κ2) is 5.14. The molecular formula is C11H13NO3. The van der Waals surface area contributed by atoms with E-state index in [-0.39, 0.29) is 18.8 Å². The maximum atomic E-state index is 10.8. The van der Waals surface area contributed by atoms with Crippen LogP contribution >= 0.6 is 0 Å². The van der Waals surface area contributed by atoms with Crippen molar-refractivity contribution in [1.82, 2.24) is 0 Å². The first-order valence-corrected chi connectivity index (χ1v) is 4.64. The van der Waals surface area contributed by atoms with Crippen molar-refractivity contribution in [2.75, 3.05) is 0 Å². The van der Waals surface area contributed by atoms with E-state index in [2.05, 4.69) is 0 Å². The highest BCUT2D eigenvalue weighted by atomic mass is 16.4. The molecule has 1 aromatic carbocycles. The van der Waals surface area contributed by atoms with Gasteiger partial charge in [-0.2, -0.15) is 0 Å². The Labute approximate surface area is 87.7 Å². The van der Waals surface area contributed by atoms with Crippen molar-refractivity contribution < 1.29 is 14.7 Å². The summed E-state index contributed by atoms with van der Waals surface area (Å²) >= 11 is 0. The van der Waals surface area contributed by atoms with Crippen LogP contribution in [0.2, 0.25) is 0 Å². The maximum absolute atomic E-state index is 10.8. The Hall–Kier alpha value is -1.84. The first-order chi connectivity index (χ1) is 7.09. The molecule has 0 heterocycles. The van der Waals surface area contributed by atoms with Gasteiger partial charge in [0.2, 0.25) is 5.91 Å². The van der Waals surface area contributed by atoms with Crippen LogP contribution in [-0.4, -0.2) is 17.0 Å². The monoisotopic (exact) mass is 207 g/mol. The highest BCUT2D eigenvalue weighted by Crippen LogP contribution is 2.22. The molecule has 0 bridgehead atoms. The average molecular weight is 207 g/mol. The summed E-state index contributed by atoms with van der Waals surface area (Å²) in [6.45, 7) is 0. The molecule has 0 saturated heterocycles. The number of hydrogen-bond acceptors (Lipinski definition) is 2.